The number of hydrogen-bond acceptors (Lipinski definition) is 4. The van der Waals surface area contributed by atoms with E-state index in [1.165, 1.54) is 10.7 Å². The molecule has 1 N–H and O–H groups in total. The van der Waals surface area contributed by atoms with E-state index >= 15 is 0 Å². The van der Waals surface area contributed by atoms with Gasteiger partial charge in [0.2, 0.25) is 5.69 Å². The molecule has 0 aliphatic carbocycles. The first-order valence-corrected chi connectivity index (χ1v) is 4.07. The second kappa shape index (κ2) is 2.77. The lowest BCUT2D eigenvalue weighted by molar-refractivity contribution is 0.0692. The van der Waals surface area contributed by atoms with Crippen molar-refractivity contribution in [3.05, 3.63) is 22.6 Å². The number of rotatable bonds is 1. The van der Waals surface area contributed by atoms with Crippen molar-refractivity contribution >= 4 is 27.5 Å². The molecule has 13 heavy (non-hydrogen) atoms. The van der Waals surface area contributed by atoms with Crippen LogP contribution in [0.2, 0.25) is 0 Å². The smallest absolute Gasteiger partial charge is 0.360 e. The summed E-state index contributed by atoms with van der Waals surface area (Å²) in [7, 11) is 0. The first-order valence-electron chi connectivity index (χ1n) is 3.28. The highest BCUT2D eigenvalue weighted by Gasteiger charge is 2.14. The van der Waals surface area contributed by atoms with Gasteiger partial charge in [-0.2, -0.15) is 0 Å². The predicted molar refractivity (Wildman–Crippen MR) is 45.4 cm³/mol. The molecule has 2 aromatic rings. The summed E-state index contributed by atoms with van der Waals surface area (Å²) < 4.78 is 2.01. The molecule has 0 fully saturated rings. The van der Waals surface area contributed by atoms with Crippen LogP contribution in [0.15, 0.2) is 16.9 Å². The van der Waals surface area contributed by atoms with Crippen molar-refractivity contribution in [3.8, 4) is 0 Å². The van der Waals surface area contributed by atoms with E-state index in [9.17, 15) is 4.79 Å². The Morgan fingerprint density at radius 1 is 1.62 bits per heavy atom. The number of halogens is 1. The molecule has 0 saturated heterocycles. The fourth-order valence-corrected chi connectivity index (χ4v) is 1.20. The van der Waals surface area contributed by atoms with Crippen molar-refractivity contribution in [1.29, 1.82) is 0 Å². The highest BCUT2D eigenvalue weighted by Crippen LogP contribution is 2.10. The molecule has 0 aliphatic rings. The molecule has 6 nitrogen and oxygen atoms in total. The van der Waals surface area contributed by atoms with Gasteiger partial charge in [0.15, 0.2) is 5.65 Å². The maximum Gasteiger partial charge on any atom is 0.360 e. The summed E-state index contributed by atoms with van der Waals surface area (Å²) in [6.07, 6.45) is 3.08. The summed E-state index contributed by atoms with van der Waals surface area (Å²) in [5.41, 5.74) is 0.0863. The van der Waals surface area contributed by atoms with Gasteiger partial charge in [-0.25, -0.2) is 14.3 Å². The van der Waals surface area contributed by atoms with Gasteiger partial charge in [-0.3, -0.25) is 0 Å². The Kier molecular flexibility index (Phi) is 1.73. The van der Waals surface area contributed by atoms with E-state index in [2.05, 4.69) is 31.2 Å². The average Bonchev–Trinajstić information content (AvgIpc) is 2.46. The molecule has 2 heterocycles. The minimum atomic E-state index is -1.13. The van der Waals surface area contributed by atoms with E-state index in [4.69, 9.17) is 5.11 Å². The monoisotopic (exact) mass is 242 g/mol. The number of carbonyl (C=O) groups is 1. The number of carboxylic acids is 1. The van der Waals surface area contributed by atoms with Crippen molar-refractivity contribution in [2.75, 3.05) is 0 Å². The molecular weight excluding hydrogens is 240 g/mol. The second-order valence-corrected chi connectivity index (χ2v) is 3.20. The maximum atomic E-state index is 10.6. The summed E-state index contributed by atoms with van der Waals surface area (Å²) in [5.74, 6) is -1.13. The number of nitrogens with zero attached hydrogens (tertiary/aromatic N) is 4. The van der Waals surface area contributed by atoms with E-state index in [0.717, 1.165) is 0 Å². The molecule has 2 aromatic heterocycles. The van der Waals surface area contributed by atoms with E-state index < -0.39 is 5.97 Å². The first-order chi connectivity index (χ1) is 6.18. The van der Waals surface area contributed by atoms with Gasteiger partial charge >= 0.3 is 5.97 Å². The molecular formula is C6H3BrN4O2. The molecule has 0 bridgehead atoms. The third-order valence-electron chi connectivity index (χ3n) is 1.43. The number of aromatic nitrogens is 4. The van der Waals surface area contributed by atoms with Crippen LogP contribution in [-0.4, -0.2) is 30.9 Å². The Morgan fingerprint density at radius 3 is 3.08 bits per heavy atom. The van der Waals surface area contributed by atoms with Crippen LogP contribution in [0.4, 0.5) is 0 Å². The Morgan fingerprint density at radius 2 is 2.38 bits per heavy atom. The zero-order valence-corrected chi connectivity index (χ0v) is 7.76. The molecule has 0 saturated carbocycles. The van der Waals surface area contributed by atoms with E-state index in [-0.39, 0.29) is 11.3 Å². The van der Waals surface area contributed by atoms with Crippen molar-refractivity contribution in [3.63, 3.8) is 0 Å². The lowest BCUT2D eigenvalue weighted by Gasteiger charge is -1.91. The second-order valence-electron chi connectivity index (χ2n) is 2.28. The fraction of sp³-hybridized carbons (Fsp3) is 0. The van der Waals surface area contributed by atoms with E-state index in [1.54, 1.807) is 6.20 Å². The highest BCUT2D eigenvalue weighted by molar-refractivity contribution is 9.10. The average molecular weight is 243 g/mol. The van der Waals surface area contributed by atoms with Crippen LogP contribution in [0.25, 0.3) is 5.65 Å². The Balaban J connectivity index is 2.76. The summed E-state index contributed by atoms with van der Waals surface area (Å²) in [6, 6.07) is 0. The summed E-state index contributed by atoms with van der Waals surface area (Å²) in [4.78, 5) is 14.5. The Bertz CT molecular complexity index is 480. The third-order valence-corrected chi connectivity index (χ3v) is 1.84. The van der Waals surface area contributed by atoms with E-state index in [1.807, 2.05) is 0 Å². The van der Waals surface area contributed by atoms with Crippen LogP contribution in [0.3, 0.4) is 0 Å². The predicted octanol–water partition coefficient (Wildman–Crippen LogP) is 0.585. The van der Waals surface area contributed by atoms with Crippen LogP contribution < -0.4 is 0 Å². The lowest BCUT2D eigenvalue weighted by atomic mass is 10.4. The van der Waals surface area contributed by atoms with Gasteiger partial charge in [-0.05, 0) is 15.9 Å². The SMILES string of the molecule is O=C(O)c1nnn2cc(Br)cnc12. The minimum Gasteiger partial charge on any atom is -0.476 e. The molecule has 7 heteroatoms. The Hall–Kier alpha value is -1.50. The van der Waals surface area contributed by atoms with Gasteiger partial charge < -0.3 is 5.11 Å². The quantitative estimate of drug-likeness (QED) is 0.792. The van der Waals surface area contributed by atoms with Crippen LogP contribution in [0.5, 0.6) is 0 Å². The number of hydrogen-bond donors (Lipinski definition) is 1. The highest BCUT2D eigenvalue weighted by atomic mass is 79.9. The first kappa shape index (κ1) is 8.11. The molecule has 2 rings (SSSR count). The molecule has 0 atom stereocenters. The van der Waals surface area contributed by atoms with Crippen molar-refractivity contribution in [2.45, 2.75) is 0 Å². The fourth-order valence-electron chi connectivity index (χ4n) is 0.907. The minimum absolute atomic E-state index is 0.146. The van der Waals surface area contributed by atoms with Crippen LogP contribution >= 0.6 is 15.9 Å². The summed E-state index contributed by atoms with van der Waals surface area (Å²) in [5, 5.41) is 15.7. The van der Waals surface area contributed by atoms with Gasteiger partial charge in [-0.15, -0.1) is 5.10 Å². The van der Waals surface area contributed by atoms with E-state index in [0.29, 0.717) is 4.47 Å². The van der Waals surface area contributed by atoms with Gasteiger partial charge in [-0.1, -0.05) is 5.21 Å². The number of carboxylic acid groups (broad SMARTS) is 1. The Labute approximate surface area is 80.3 Å². The van der Waals surface area contributed by atoms with Crippen molar-refractivity contribution < 1.29 is 9.90 Å². The molecule has 0 aromatic carbocycles. The third kappa shape index (κ3) is 1.26. The zero-order valence-electron chi connectivity index (χ0n) is 6.18. The standard InChI is InChI=1S/C6H3BrN4O2/c7-3-1-8-5-4(6(12)13)9-10-11(5)2-3/h1-2H,(H,12,13). The van der Waals surface area contributed by atoms with Crippen LogP contribution in [-0.2, 0) is 0 Å². The van der Waals surface area contributed by atoms with Crippen LogP contribution in [0.1, 0.15) is 10.5 Å². The molecule has 0 radical (unpaired) electrons. The van der Waals surface area contributed by atoms with Gasteiger partial charge in [0.1, 0.15) is 0 Å². The maximum absolute atomic E-state index is 10.6. The zero-order chi connectivity index (χ0) is 9.42. The molecule has 66 valence electrons. The summed E-state index contributed by atoms with van der Waals surface area (Å²) >= 11 is 3.18. The number of aromatic carboxylic acids is 1. The van der Waals surface area contributed by atoms with Crippen molar-refractivity contribution in [2.24, 2.45) is 0 Å². The van der Waals surface area contributed by atoms with Crippen LogP contribution in [0, 0.1) is 0 Å². The normalized spacial score (nSPS) is 10.5. The molecule has 0 amide bonds. The van der Waals surface area contributed by atoms with Crippen molar-refractivity contribution in [1.82, 2.24) is 19.8 Å². The lowest BCUT2D eigenvalue weighted by Crippen LogP contribution is -1.98. The number of fused-ring (bicyclic) bond motifs is 1. The van der Waals surface area contributed by atoms with Gasteiger partial charge in [0.05, 0.1) is 4.47 Å². The molecule has 0 aliphatic heterocycles. The summed E-state index contributed by atoms with van der Waals surface area (Å²) in [6.45, 7) is 0. The largest absolute Gasteiger partial charge is 0.476 e. The van der Waals surface area contributed by atoms with Gasteiger partial charge in [0.25, 0.3) is 0 Å². The molecule has 0 spiro atoms. The topological polar surface area (TPSA) is 80.4 Å². The van der Waals surface area contributed by atoms with Gasteiger partial charge in [0, 0.05) is 12.4 Å². The molecule has 0 unspecified atom stereocenters.